The summed E-state index contributed by atoms with van der Waals surface area (Å²) in [7, 11) is 0. The van der Waals surface area contributed by atoms with Crippen molar-refractivity contribution in [2.24, 2.45) is 17.1 Å². The van der Waals surface area contributed by atoms with Crippen molar-refractivity contribution in [3.8, 4) is 18.2 Å². The molecule has 0 unspecified atom stereocenters. The standard InChI is InChI=1S/C20H18BrN5/c1-2-26-7-6-15-16(9-22)19(25)20(11-23,12-24)18(17(15)10-26)13-4-3-5-14(21)8-13/h3-6,8,17-18H,2,7,10,25H2,1H3/t17-,18-/m0/s1. The summed E-state index contributed by atoms with van der Waals surface area (Å²) in [6.45, 7) is 4.35. The molecule has 0 radical (unpaired) electrons. The van der Waals surface area contributed by atoms with Gasteiger partial charge in [0, 0.05) is 29.4 Å². The molecule has 5 nitrogen and oxygen atoms in total. The number of halogens is 1. The normalized spacial score (nSPS) is 24.7. The Labute approximate surface area is 161 Å². The summed E-state index contributed by atoms with van der Waals surface area (Å²) >= 11 is 3.48. The van der Waals surface area contributed by atoms with Crippen molar-refractivity contribution in [2.75, 3.05) is 19.6 Å². The van der Waals surface area contributed by atoms with Crippen molar-refractivity contribution in [3.63, 3.8) is 0 Å². The number of likely N-dealkylation sites (N-methyl/N-ethyl adjacent to an activating group) is 1. The summed E-state index contributed by atoms with van der Waals surface area (Å²) in [5.41, 5.74) is 6.81. The topological polar surface area (TPSA) is 101 Å². The van der Waals surface area contributed by atoms with Gasteiger partial charge in [-0.1, -0.05) is 41.1 Å². The first-order valence-corrected chi connectivity index (χ1v) is 9.22. The van der Waals surface area contributed by atoms with Crippen LogP contribution in [0, 0.1) is 45.3 Å². The van der Waals surface area contributed by atoms with E-state index in [1.165, 1.54) is 0 Å². The summed E-state index contributed by atoms with van der Waals surface area (Å²) in [5, 5.41) is 29.7. The zero-order valence-electron chi connectivity index (χ0n) is 14.4. The van der Waals surface area contributed by atoms with Gasteiger partial charge in [0.1, 0.15) is 6.07 Å². The first kappa shape index (κ1) is 18.2. The quantitative estimate of drug-likeness (QED) is 0.810. The number of allylic oxidation sites excluding steroid dienone is 2. The van der Waals surface area contributed by atoms with E-state index in [9.17, 15) is 15.8 Å². The summed E-state index contributed by atoms with van der Waals surface area (Å²) in [4.78, 5) is 2.25. The van der Waals surface area contributed by atoms with Gasteiger partial charge in [0.05, 0.1) is 23.4 Å². The second kappa shape index (κ2) is 6.96. The van der Waals surface area contributed by atoms with Crippen LogP contribution < -0.4 is 5.73 Å². The van der Waals surface area contributed by atoms with Gasteiger partial charge in [0.15, 0.2) is 5.41 Å². The van der Waals surface area contributed by atoms with Gasteiger partial charge in [-0.15, -0.1) is 0 Å². The fraction of sp³-hybridized carbons (Fsp3) is 0.350. The molecule has 3 rings (SSSR count). The van der Waals surface area contributed by atoms with E-state index < -0.39 is 11.3 Å². The molecular weight excluding hydrogens is 390 g/mol. The van der Waals surface area contributed by atoms with Crippen LogP contribution in [0.2, 0.25) is 0 Å². The van der Waals surface area contributed by atoms with E-state index >= 15 is 0 Å². The molecule has 1 aliphatic heterocycles. The lowest BCUT2D eigenvalue weighted by Gasteiger charge is -2.45. The van der Waals surface area contributed by atoms with Crippen molar-refractivity contribution in [1.82, 2.24) is 4.90 Å². The van der Waals surface area contributed by atoms with Crippen LogP contribution in [0.15, 0.2) is 51.7 Å². The lowest BCUT2D eigenvalue weighted by Crippen LogP contribution is -2.48. The van der Waals surface area contributed by atoms with Gasteiger partial charge in [-0.25, -0.2) is 0 Å². The molecular formula is C20H18BrN5. The van der Waals surface area contributed by atoms with Crippen molar-refractivity contribution < 1.29 is 0 Å². The molecule has 26 heavy (non-hydrogen) atoms. The van der Waals surface area contributed by atoms with Gasteiger partial charge >= 0.3 is 0 Å². The van der Waals surface area contributed by atoms with E-state index in [0.29, 0.717) is 12.1 Å². The predicted molar refractivity (Wildman–Crippen MR) is 101 cm³/mol. The average molecular weight is 408 g/mol. The molecule has 130 valence electrons. The van der Waals surface area contributed by atoms with E-state index in [4.69, 9.17) is 5.73 Å². The monoisotopic (exact) mass is 407 g/mol. The summed E-state index contributed by atoms with van der Waals surface area (Å²) in [6, 6.07) is 14.1. The first-order chi connectivity index (χ1) is 12.5. The van der Waals surface area contributed by atoms with Crippen molar-refractivity contribution in [2.45, 2.75) is 12.8 Å². The minimum atomic E-state index is -1.56. The third-order valence-electron chi connectivity index (χ3n) is 5.40. The molecule has 0 saturated carbocycles. The second-order valence-electron chi connectivity index (χ2n) is 6.58. The van der Waals surface area contributed by atoms with Crippen LogP contribution in [0.3, 0.4) is 0 Å². The van der Waals surface area contributed by atoms with Gasteiger partial charge < -0.3 is 5.73 Å². The van der Waals surface area contributed by atoms with E-state index in [-0.39, 0.29) is 11.6 Å². The van der Waals surface area contributed by atoms with Crippen molar-refractivity contribution in [3.05, 3.63) is 57.2 Å². The highest BCUT2D eigenvalue weighted by molar-refractivity contribution is 9.10. The van der Waals surface area contributed by atoms with Gasteiger partial charge in [0.25, 0.3) is 0 Å². The largest absolute Gasteiger partial charge is 0.399 e. The maximum atomic E-state index is 10.00. The second-order valence-corrected chi connectivity index (χ2v) is 7.50. The number of nitrogens with zero attached hydrogens (tertiary/aromatic N) is 4. The van der Waals surface area contributed by atoms with Crippen LogP contribution in [0.4, 0.5) is 0 Å². The Morgan fingerprint density at radius 3 is 2.62 bits per heavy atom. The minimum absolute atomic E-state index is 0.0717. The molecule has 2 N–H and O–H groups in total. The van der Waals surface area contributed by atoms with Crippen molar-refractivity contribution in [1.29, 1.82) is 15.8 Å². The van der Waals surface area contributed by atoms with Gasteiger partial charge in [-0.05, 0) is 29.8 Å². The van der Waals surface area contributed by atoms with Crippen LogP contribution in [0.1, 0.15) is 18.4 Å². The number of benzene rings is 1. The molecule has 2 aliphatic rings. The number of nitriles is 3. The maximum absolute atomic E-state index is 10.00. The lowest BCUT2D eigenvalue weighted by atomic mass is 9.58. The molecule has 1 aromatic rings. The van der Waals surface area contributed by atoms with Crippen LogP contribution in [-0.2, 0) is 0 Å². The smallest absolute Gasteiger partial charge is 0.191 e. The van der Waals surface area contributed by atoms with Crippen LogP contribution in [0.25, 0.3) is 0 Å². The highest BCUT2D eigenvalue weighted by atomic mass is 79.9. The van der Waals surface area contributed by atoms with E-state index in [1.807, 2.05) is 30.3 Å². The zero-order chi connectivity index (χ0) is 18.9. The number of nitrogens with two attached hydrogens (primary N) is 1. The van der Waals surface area contributed by atoms with Crippen molar-refractivity contribution >= 4 is 15.9 Å². The number of hydrogen-bond donors (Lipinski definition) is 1. The Morgan fingerprint density at radius 2 is 2.04 bits per heavy atom. The van der Waals surface area contributed by atoms with Gasteiger partial charge in [-0.2, -0.15) is 15.8 Å². The highest BCUT2D eigenvalue weighted by Crippen LogP contribution is 2.54. The van der Waals surface area contributed by atoms with E-state index in [2.05, 4.69) is 46.0 Å². The fourth-order valence-corrected chi connectivity index (χ4v) is 4.49. The third-order valence-corrected chi connectivity index (χ3v) is 5.89. The molecule has 1 aromatic carbocycles. The lowest BCUT2D eigenvalue weighted by molar-refractivity contribution is 0.214. The minimum Gasteiger partial charge on any atom is -0.399 e. The van der Waals surface area contributed by atoms with Gasteiger partial charge in [0.2, 0.25) is 0 Å². The molecule has 0 saturated heterocycles. The average Bonchev–Trinajstić information content (AvgIpc) is 2.66. The molecule has 0 bridgehead atoms. The number of rotatable bonds is 2. The molecule has 1 aliphatic carbocycles. The molecule has 6 heteroatoms. The van der Waals surface area contributed by atoms with E-state index in [1.54, 1.807) is 0 Å². The molecule has 0 fully saturated rings. The summed E-state index contributed by atoms with van der Waals surface area (Å²) in [6.07, 6.45) is 2.02. The Bertz CT molecular complexity index is 911. The Kier molecular flexibility index (Phi) is 4.88. The molecule has 2 atom stereocenters. The SMILES string of the molecule is CCN1CC=C2C(C#N)=C(N)C(C#N)(C#N)[C@@H](c3cccc(Br)c3)[C@H]2C1. The zero-order valence-corrected chi connectivity index (χ0v) is 16.0. The number of fused-ring (bicyclic) bond motifs is 1. The third kappa shape index (κ3) is 2.61. The van der Waals surface area contributed by atoms with Crippen LogP contribution in [0.5, 0.6) is 0 Å². The summed E-state index contributed by atoms with van der Waals surface area (Å²) < 4.78 is 0.877. The molecule has 0 spiro atoms. The van der Waals surface area contributed by atoms with Crippen LogP contribution in [-0.4, -0.2) is 24.5 Å². The molecule has 1 heterocycles. The Morgan fingerprint density at radius 1 is 1.31 bits per heavy atom. The molecule has 0 amide bonds. The maximum Gasteiger partial charge on any atom is 0.191 e. The highest BCUT2D eigenvalue weighted by Gasteiger charge is 2.54. The first-order valence-electron chi connectivity index (χ1n) is 8.43. The molecule has 0 aromatic heterocycles. The predicted octanol–water partition coefficient (Wildman–Crippen LogP) is 3.19. The van der Waals surface area contributed by atoms with E-state index in [0.717, 1.165) is 28.7 Å². The van der Waals surface area contributed by atoms with Crippen LogP contribution >= 0.6 is 15.9 Å². The summed E-state index contributed by atoms with van der Waals surface area (Å²) in [5.74, 6) is -0.577. The Balaban J connectivity index is 2.32. The fourth-order valence-electron chi connectivity index (χ4n) is 4.07. The Hall–Kier alpha value is -2.59. The number of hydrogen-bond acceptors (Lipinski definition) is 5. The van der Waals surface area contributed by atoms with Gasteiger partial charge in [-0.3, -0.25) is 4.90 Å².